The van der Waals surface area contributed by atoms with Crippen LogP contribution in [0, 0.1) is 0 Å². The topological polar surface area (TPSA) is 68.4 Å². The number of nitrogens with two attached hydrogens (primary N) is 1. The first-order valence-corrected chi connectivity index (χ1v) is 5.83. The van der Waals surface area contributed by atoms with Crippen LogP contribution in [-0.4, -0.2) is 16.7 Å². The molecule has 2 rings (SSSR count). The smallest absolute Gasteiger partial charge is 0.125 e. The Kier molecular flexibility index (Phi) is 3.79. The lowest BCUT2D eigenvalue weighted by molar-refractivity contribution is 0.212. The molecular weight excluding hydrogens is 228 g/mol. The molecule has 0 saturated carbocycles. The van der Waals surface area contributed by atoms with Gasteiger partial charge in [0.15, 0.2) is 0 Å². The van der Waals surface area contributed by atoms with E-state index in [4.69, 9.17) is 10.5 Å². The summed E-state index contributed by atoms with van der Waals surface area (Å²) in [5.74, 6) is 0.663. The predicted octanol–water partition coefficient (Wildman–Crippen LogP) is 2.14. The van der Waals surface area contributed by atoms with Crippen molar-refractivity contribution in [2.24, 2.45) is 0 Å². The average molecular weight is 244 g/mol. The van der Waals surface area contributed by atoms with Gasteiger partial charge in [-0.15, -0.1) is 0 Å². The maximum absolute atomic E-state index is 10.4. The molecule has 18 heavy (non-hydrogen) atoms. The molecule has 4 nitrogen and oxygen atoms in total. The summed E-state index contributed by atoms with van der Waals surface area (Å²) in [7, 11) is 0. The van der Waals surface area contributed by atoms with E-state index in [-0.39, 0.29) is 0 Å². The summed E-state index contributed by atoms with van der Waals surface area (Å²) < 4.78 is 5.50. The summed E-state index contributed by atoms with van der Waals surface area (Å²) in [5, 5.41) is 10.4. The Morgan fingerprint density at radius 1 is 1.28 bits per heavy atom. The number of rotatable bonds is 4. The third kappa shape index (κ3) is 2.43. The number of aliphatic hydroxyl groups excluding tert-OH is 1. The molecule has 1 aromatic carbocycles. The first-order valence-electron chi connectivity index (χ1n) is 5.83. The van der Waals surface area contributed by atoms with Crippen LogP contribution in [0.5, 0.6) is 5.75 Å². The van der Waals surface area contributed by atoms with Crippen molar-refractivity contribution in [1.82, 2.24) is 4.98 Å². The highest BCUT2D eigenvalue weighted by Gasteiger charge is 2.17. The molecule has 1 unspecified atom stereocenters. The van der Waals surface area contributed by atoms with Gasteiger partial charge in [-0.3, -0.25) is 4.98 Å². The van der Waals surface area contributed by atoms with E-state index in [0.29, 0.717) is 29.2 Å². The number of aliphatic hydroxyl groups is 1. The Hall–Kier alpha value is -2.07. The molecule has 1 aromatic heterocycles. The van der Waals surface area contributed by atoms with Crippen LogP contribution in [0.3, 0.4) is 0 Å². The summed E-state index contributed by atoms with van der Waals surface area (Å²) >= 11 is 0. The number of anilines is 1. The largest absolute Gasteiger partial charge is 0.493 e. The van der Waals surface area contributed by atoms with Gasteiger partial charge < -0.3 is 15.6 Å². The number of hydrogen-bond acceptors (Lipinski definition) is 4. The molecule has 0 aliphatic carbocycles. The Morgan fingerprint density at radius 2 is 2.06 bits per heavy atom. The van der Waals surface area contributed by atoms with Crippen molar-refractivity contribution in [2.45, 2.75) is 13.0 Å². The fourth-order valence-electron chi connectivity index (χ4n) is 1.81. The Bertz CT molecular complexity index is 529. The van der Waals surface area contributed by atoms with Gasteiger partial charge in [-0.1, -0.05) is 18.2 Å². The number of pyridine rings is 1. The second kappa shape index (κ2) is 5.51. The Labute approximate surface area is 106 Å². The second-order valence-electron chi connectivity index (χ2n) is 3.88. The number of benzene rings is 1. The van der Waals surface area contributed by atoms with Gasteiger partial charge in [0, 0.05) is 29.2 Å². The fraction of sp³-hybridized carbons (Fsp3) is 0.214. The molecule has 3 N–H and O–H groups in total. The van der Waals surface area contributed by atoms with Crippen molar-refractivity contribution in [3.8, 4) is 5.75 Å². The van der Waals surface area contributed by atoms with Gasteiger partial charge in [-0.25, -0.2) is 0 Å². The number of ether oxygens (including phenoxy) is 1. The van der Waals surface area contributed by atoms with Crippen molar-refractivity contribution in [1.29, 1.82) is 0 Å². The molecule has 1 atom stereocenters. The molecule has 0 spiro atoms. The van der Waals surface area contributed by atoms with E-state index in [1.54, 1.807) is 18.5 Å². The van der Waals surface area contributed by atoms with Gasteiger partial charge in [-0.05, 0) is 19.1 Å². The van der Waals surface area contributed by atoms with Crippen LogP contribution >= 0.6 is 0 Å². The molecule has 4 heteroatoms. The molecule has 94 valence electrons. The standard InChI is InChI=1S/C14H16N2O2/c1-2-18-13-6-4-3-5-10(13)14(17)11-9-16-8-7-12(11)15/h3-9,14,17H,2H2,1H3,(H2,15,16). The zero-order valence-electron chi connectivity index (χ0n) is 10.2. The Balaban J connectivity index is 2.40. The molecule has 0 radical (unpaired) electrons. The summed E-state index contributed by atoms with van der Waals surface area (Å²) in [6.07, 6.45) is 2.34. The third-order valence-electron chi connectivity index (χ3n) is 2.70. The van der Waals surface area contributed by atoms with E-state index < -0.39 is 6.10 Å². The van der Waals surface area contributed by atoms with Crippen molar-refractivity contribution in [3.05, 3.63) is 53.9 Å². The van der Waals surface area contributed by atoms with Crippen molar-refractivity contribution in [2.75, 3.05) is 12.3 Å². The first-order chi connectivity index (χ1) is 8.74. The monoisotopic (exact) mass is 244 g/mol. The zero-order chi connectivity index (χ0) is 13.0. The van der Waals surface area contributed by atoms with E-state index in [1.807, 2.05) is 31.2 Å². The van der Waals surface area contributed by atoms with Gasteiger partial charge in [0.05, 0.1) is 6.61 Å². The van der Waals surface area contributed by atoms with Crippen LogP contribution < -0.4 is 10.5 Å². The summed E-state index contributed by atoms with van der Waals surface area (Å²) in [4.78, 5) is 3.99. The summed E-state index contributed by atoms with van der Waals surface area (Å²) in [6, 6.07) is 9.04. The molecule has 2 aromatic rings. The number of para-hydroxylation sites is 1. The van der Waals surface area contributed by atoms with E-state index in [2.05, 4.69) is 4.98 Å². The van der Waals surface area contributed by atoms with Crippen LogP contribution in [0.15, 0.2) is 42.7 Å². The lowest BCUT2D eigenvalue weighted by atomic mass is 10.0. The fourth-order valence-corrected chi connectivity index (χ4v) is 1.81. The van der Waals surface area contributed by atoms with Crippen molar-refractivity contribution < 1.29 is 9.84 Å². The Morgan fingerprint density at radius 3 is 2.78 bits per heavy atom. The number of aromatic nitrogens is 1. The molecule has 0 fully saturated rings. The maximum Gasteiger partial charge on any atom is 0.125 e. The van der Waals surface area contributed by atoms with E-state index in [1.165, 1.54) is 0 Å². The van der Waals surface area contributed by atoms with Crippen molar-refractivity contribution in [3.63, 3.8) is 0 Å². The lowest BCUT2D eigenvalue weighted by Crippen LogP contribution is -2.06. The van der Waals surface area contributed by atoms with Crippen LogP contribution in [0.2, 0.25) is 0 Å². The van der Waals surface area contributed by atoms with E-state index in [0.717, 1.165) is 0 Å². The van der Waals surface area contributed by atoms with Gasteiger partial charge in [0.1, 0.15) is 11.9 Å². The molecule has 0 aliphatic rings. The normalized spacial score (nSPS) is 12.1. The van der Waals surface area contributed by atoms with E-state index in [9.17, 15) is 5.11 Å². The zero-order valence-corrected chi connectivity index (χ0v) is 10.2. The second-order valence-corrected chi connectivity index (χ2v) is 3.88. The van der Waals surface area contributed by atoms with Gasteiger partial charge in [0.25, 0.3) is 0 Å². The van der Waals surface area contributed by atoms with Crippen LogP contribution in [0.1, 0.15) is 24.2 Å². The molecular formula is C14H16N2O2. The van der Waals surface area contributed by atoms with E-state index >= 15 is 0 Å². The minimum Gasteiger partial charge on any atom is -0.493 e. The van der Waals surface area contributed by atoms with Crippen LogP contribution in [-0.2, 0) is 0 Å². The SMILES string of the molecule is CCOc1ccccc1C(O)c1cnccc1N. The van der Waals surface area contributed by atoms with Gasteiger partial charge >= 0.3 is 0 Å². The molecule has 1 heterocycles. The van der Waals surface area contributed by atoms with Crippen LogP contribution in [0.25, 0.3) is 0 Å². The molecule has 0 amide bonds. The average Bonchev–Trinajstić information content (AvgIpc) is 2.40. The predicted molar refractivity (Wildman–Crippen MR) is 70.3 cm³/mol. The minimum absolute atomic E-state index is 0.517. The third-order valence-corrected chi connectivity index (χ3v) is 2.70. The van der Waals surface area contributed by atoms with Crippen molar-refractivity contribution >= 4 is 5.69 Å². The highest BCUT2D eigenvalue weighted by Crippen LogP contribution is 2.31. The molecule has 0 aliphatic heterocycles. The highest BCUT2D eigenvalue weighted by molar-refractivity contribution is 5.50. The molecule has 0 bridgehead atoms. The minimum atomic E-state index is -0.832. The first kappa shape index (κ1) is 12.4. The maximum atomic E-state index is 10.4. The van der Waals surface area contributed by atoms with Crippen LogP contribution in [0.4, 0.5) is 5.69 Å². The molecule has 0 saturated heterocycles. The lowest BCUT2D eigenvalue weighted by Gasteiger charge is -2.16. The summed E-state index contributed by atoms with van der Waals surface area (Å²) in [6.45, 7) is 2.45. The summed E-state index contributed by atoms with van der Waals surface area (Å²) in [5.41, 5.74) is 7.64. The number of nitrogen functional groups attached to an aromatic ring is 1. The quantitative estimate of drug-likeness (QED) is 0.864. The number of nitrogens with zero attached hydrogens (tertiary/aromatic N) is 1. The van der Waals surface area contributed by atoms with Gasteiger partial charge in [-0.2, -0.15) is 0 Å². The number of hydrogen-bond donors (Lipinski definition) is 2. The van der Waals surface area contributed by atoms with Gasteiger partial charge in [0.2, 0.25) is 0 Å². The highest BCUT2D eigenvalue weighted by atomic mass is 16.5.